The zero-order chi connectivity index (χ0) is 15.6. The Hall–Kier alpha value is -1.84. The number of aromatic carboxylic acids is 1. The van der Waals surface area contributed by atoms with Crippen LogP contribution in [-0.2, 0) is 0 Å². The average molecular weight is 289 g/mol. The van der Waals surface area contributed by atoms with E-state index in [1.807, 2.05) is 13.0 Å². The van der Waals surface area contributed by atoms with E-state index in [4.69, 9.17) is 0 Å². The van der Waals surface area contributed by atoms with Gasteiger partial charge in [0.15, 0.2) is 0 Å². The number of benzene rings is 1. The summed E-state index contributed by atoms with van der Waals surface area (Å²) in [6, 6.07) is 3.59. The van der Waals surface area contributed by atoms with Crippen molar-refractivity contribution in [1.29, 1.82) is 0 Å². The Kier molecular flexibility index (Phi) is 4.66. The van der Waals surface area contributed by atoms with Crippen LogP contribution in [-0.4, -0.2) is 35.0 Å². The van der Waals surface area contributed by atoms with Crippen LogP contribution in [0, 0.1) is 19.8 Å². The molecule has 21 heavy (non-hydrogen) atoms. The van der Waals surface area contributed by atoms with Gasteiger partial charge in [0.1, 0.15) is 0 Å². The van der Waals surface area contributed by atoms with Gasteiger partial charge < -0.3 is 10.0 Å². The highest BCUT2D eigenvalue weighted by Gasteiger charge is 2.27. The van der Waals surface area contributed by atoms with Crippen LogP contribution < -0.4 is 0 Å². The number of rotatable bonds is 5. The van der Waals surface area contributed by atoms with Crippen LogP contribution in [0.1, 0.15) is 58.0 Å². The predicted molar refractivity (Wildman–Crippen MR) is 81.8 cm³/mol. The number of hydrogen-bond donors (Lipinski definition) is 1. The number of amides is 1. The van der Waals surface area contributed by atoms with E-state index in [-0.39, 0.29) is 11.5 Å². The van der Waals surface area contributed by atoms with Gasteiger partial charge in [-0.05, 0) is 50.7 Å². The zero-order valence-corrected chi connectivity index (χ0v) is 13.0. The van der Waals surface area contributed by atoms with Gasteiger partial charge in [-0.2, -0.15) is 0 Å². The first kappa shape index (κ1) is 15.5. The van der Waals surface area contributed by atoms with Gasteiger partial charge in [-0.25, -0.2) is 4.79 Å². The van der Waals surface area contributed by atoms with E-state index in [1.54, 1.807) is 24.8 Å². The summed E-state index contributed by atoms with van der Waals surface area (Å²) in [4.78, 5) is 26.1. The largest absolute Gasteiger partial charge is 0.478 e. The summed E-state index contributed by atoms with van der Waals surface area (Å²) in [5.41, 5.74) is 1.86. The molecule has 4 heteroatoms. The van der Waals surface area contributed by atoms with E-state index >= 15 is 0 Å². The molecule has 0 bridgehead atoms. The van der Waals surface area contributed by atoms with Crippen molar-refractivity contribution in [2.75, 3.05) is 13.1 Å². The van der Waals surface area contributed by atoms with Crippen molar-refractivity contribution in [3.05, 3.63) is 34.4 Å². The Labute approximate surface area is 125 Å². The Morgan fingerprint density at radius 3 is 2.19 bits per heavy atom. The second-order valence-electron chi connectivity index (χ2n) is 5.90. The number of nitrogens with zero attached hydrogens (tertiary/aromatic N) is 1. The molecule has 0 unspecified atom stereocenters. The van der Waals surface area contributed by atoms with Crippen molar-refractivity contribution >= 4 is 11.9 Å². The third-order valence-corrected chi connectivity index (χ3v) is 4.42. The molecule has 1 saturated carbocycles. The molecule has 1 aliphatic rings. The molecular weight excluding hydrogens is 266 g/mol. The highest BCUT2D eigenvalue weighted by Crippen LogP contribution is 2.28. The quantitative estimate of drug-likeness (QED) is 0.905. The van der Waals surface area contributed by atoms with E-state index in [1.165, 1.54) is 19.3 Å². The molecule has 0 atom stereocenters. The lowest BCUT2D eigenvalue weighted by molar-refractivity contribution is 0.0658. The lowest BCUT2D eigenvalue weighted by Gasteiger charge is -2.32. The van der Waals surface area contributed by atoms with E-state index in [0.29, 0.717) is 23.6 Å². The fourth-order valence-corrected chi connectivity index (χ4v) is 2.86. The number of aryl methyl sites for hydroxylation is 2. The lowest BCUT2D eigenvalue weighted by Crippen LogP contribution is -2.38. The molecule has 1 fully saturated rings. The Morgan fingerprint density at radius 1 is 1.19 bits per heavy atom. The van der Waals surface area contributed by atoms with Gasteiger partial charge in [-0.3, -0.25) is 4.79 Å². The third-order valence-electron chi connectivity index (χ3n) is 4.42. The number of carboxylic acid groups (broad SMARTS) is 1. The minimum absolute atomic E-state index is 0.145. The standard InChI is InChI=1S/C17H23NO3/c1-4-18(10-13-6-5-7-13)16(19)14-11(2)8-9-12(3)15(14)17(20)21/h8-9,13H,4-7,10H2,1-3H3,(H,20,21). The molecule has 4 nitrogen and oxygen atoms in total. The van der Waals surface area contributed by atoms with Gasteiger partial charge in [0, 0.05) is 13.1 Å². The van der Waals surface area contributed by atoms with Crippen LogP contribution in [0.15, 0.2) is 12.1 Å². The molecule has 0 heterocycles. The van der Waals surface area contributed by atoms with E-state index in [2.05, 4.69) is 0 Å². The fraction of sp³-hybridized carbons (Fsp3) is 0.529. The summed E-state index contributed by atoms with van der Waals surface area (Å²) in [5, 5.41) is 9.44. The first-order valence-electron chi connectivity index (χ1n) is 7.58. The number of carboxylic acids is 1. The SMILES string of the molecule is CCN(CC1CCC1)C(=O)c1c(C)ccc(C)c1C(=O)O. The van der Waals surface area contributed by atoms with E-state index < -0.39 is 5.97 Å². The van der Waals surface area contributed by atoms with Gasteiger partial charge in [0.2, 0.25) is 0 Å². The third kappa shape index (κ3) is 3.09. The summed E-state index contributed by atoms with van der Waals surface area (Å²) in [6.45, 7) is 6.84. The summed E-state index contributed by atoms with van der Waals surface area (Å²) in [5.74, 6) is -0.602. The highest BCUT2D eigenvalue weighted by molar-refractivity contribution is 6.06. The number of hydrogen-bond acceptors (Lipinski definition) is 2. The summed E-state index contributed by atoms with van der Waals surface area (Å²) < 4.78 is 0. The second-order valence-corrected chi connectivity index (χ2v) is 5.90. The first-order chi connectivity index (χ1) is 9.95. The number of carbonyl (C=O) groups is 2. The Morgan fingerprint density at radius 2 is 1.76 bits per heavy atom. The van der Waals surface area contributed by atoms with Crippen LogP contribution in [0.2, 0.25) is 0 Å². The molecule has 1 aliphatic carbocycles. The Balaban J connectivity index is 2.36. The molecule has 2 rings (SSSR count). The molecule has 0 aliphatic heterocycles. The molecule has 0 radical (unpaired) electrons. The molecule has 0 aromatic heterocycles. The van der Waals surface area contributed by atoms with Crippen molar-refractivity contribution in [3.63, 3.8) is 0 Å². The number of carbonyl (C=O) groups excluding carboxylic acids is 1. The monoisotopic (exact) mass is 289 g/mol. The molecule has 114 valence electrons. The Bertz CT molecular complexity index is 561. The van der Waals surface area contributed by atoms with Gasteiger partial charge in [-0.15, -0.1) is 0 Å². The predicted octanol–water partition coefficient (Wildman–Crippen LogP) is 3.26. The van der Waals surface area contributed by atoms with Crippen molar-refractivity contribution in [3.8, 4) is 0 Å². The van der Waals surface area contributed by atoms with Crippen LogP contribution in [0.3, 0.4) is 0 Å². The first-order valence-corrected chi connectivity index (χ1v) is 7.58. The van der Waals surface area contributed by atoms with Crippen molar-refractivity contribution in [1.82, 2.24) is 4.90 Å². The van der Waals surface area contributed by atoms with Crippen molar-refractivity contribution < 1.29 is 14.7 Å². The molecule has 1 N–H and O–H groups in total. The highest BCUT2D eigenvalue weighted by atomic mass is 16.4. The molecule has 1 aromatic rings. The maximum atomic E-state index is 12.8. The summed E-state index contributed by atoms with van der Waals surface area (Å²) in [6.07, 6.45) is 3.57. The lowest BCUT2D eigenvalue weighted by atomic mass is 9.85. The average Bonchev–Trinajstić information content (AvgIpc) is 2.39. The minimum atomic E-state index is -1.03. The van der Waals surface area contributed by atoms with Crippen LogP contribution in [0.4, 0.5) is 0 Å². The zero-order valence-electron chi connectivity index (χ0n) is 13.0. The molecular formula is C17H23NO3. The molecule has 0 saturated heterocycles. The van der Waals surface area contributed by atoms with Gasteiger partial charge in [0.25, 0.3) is 5.91 Å². The fourth-order valence-electron chi connectivity index (χ4n) is 2.86. The molecule has 1 amide bonds. The van der Waals surface area contributed by atoms with Gasteiger partial charge in [-0.1, -0.05) is 18.6 Å². The van der Waals surface area contributed by atoms with Crippen LogP contribution in [0.25, 0.3) is 0 Å². The maximum Gasteiger partial charge on any atom is 0.336 e. The maximum absolute atomic E-state index is 12.8. The van der Waals surface area contributed by atoms with Gasteiger partial charge in [0.05, 0.1) is 11.1 Å². The van der Waals surface area contributed by atoms with E-state index in [9.17, 15) is 14.7 Å². The van der Waals surface area contributed by atoms with Crippen LogP contribution in [0.5, 0.6) is 0 Å². The second kappa shape index (κ2) is 6.29. The van der Waals surface area contributed by atoms with Gasteiger partial charge >= 0.3 is 5.97 Å². The van der Waals surface area contributed by atoms with Crippen molar-refractivity contribution in [2.24, 2.45) is 5.92 Å². The smallest absolute Gasteiger partial charge is 0.336 e. The van der Waals surface area contributed by atoms with E-state index in [0.717, 1.165) is 12.1 Å². The minimum Gasteiger partial charge on any atom is -0.478 e. The molecule has 1 aromatic carbocycles. The topological polar surface area (TPSA) is 57.6 Å². The molecule has 0 spiro atoms. The van der Waals surface area contributed by atoms with Crippen molar-refractivity contribution in [2.45, 2.75) is 40.0 Å². The van der Waals surface area contributed by atoms with Crippen LogP contribution >= 0.6 is 0 Å². The normalized spacial score (nSPS) is 14.6. The summed E-state index contributed by atoms with van der Waals surface area (Å²) in [7, 11) is 0. The summed E-state index contributed by atoms with van der Waals surface area (Å²) >= 11 is 0.